The van der Waals surface area contributed by atoms with Crippen molar-refractivity contribution in [2.45, 2.75) is 13.8 Å². The number of carbonyl (C=O) groups excluding carboxylic acids is 1. The maximum Gasteiger partial charge on any atom is 0.255 e. The lowest BCUT2D eigenvalue weighted by molar-refractivity contribution is 0.0936. The van der Waals surface area contributed by atoms with E-state index in [-0.39, 0.29) is 16.0 Å². The number of alkyl halides is 1. The zero-order valence-electron chi connectivity index (χ0n) is 9.69. The van der Waals surface area contributed by atoms with Gasteiger partial charge in [-0.1, -0.05) is 31.5 Å². The van der Waals surface area contributed by atoms with Crippen LogP contribution in [0.1, 0.15) is 24.2 Å². The van der Waals surface area contributed by atoms with Crippen LogP contribution >= 0.6 is 23.2 Å². The van der Waals surface area contributed by atoms with Gasteiger partial charge in [-0.3, -0.25) is 4.79 Å². The van der Waals surface area contributed by atoms with E-state index in [1.807, 2.05) is 13.8 Å². The molecule has 94 valence electrons. The summed E-state index contributed by atoms with van der Waals surface area (Å²) in [5, 5.41) is 2.73. The quantitative estimate of drug-likeness (QED) is 0.839. The van der Waals surface area contributed by atoms with Gasteiger partial charge >= 0.3 is 0 Å². The molecule has 0 saturated carbocycles. The van der Waals surface area contributed by atoms with Gasteiger partial charge < -0.3 is 5.32 Å². The maximum atomic E-state index is 13.4. The molecule has 0 aliphatic heterocycles. The van der Waals surface area contributed by atoms with Crippen molar-refractivity contribution in [2.75, 3.05) is 12.4 Å². The highest BCUT2D eigenvalue weighted by Crippen LogP contribution is 2.20. The molecule has 0 radical (unpaired) electrons. The van der Waals surface area contributed by atoms with Gasteiger partial charge in [-0.2, -0.15) is 0 Å². The van der Waals surface area contributed by atoms with Crippen molar-refractivity contribution in [1.82, 2.24) is 5.32 Å². The summed E-state index contributed by atoms with van der Waals surface area (Å²) in [5.74, 6) is -0.747. The Balaban J connectivity index is 2.78. The van der Waals surface area contributed by atoms with E-state index in [1.54, 1.807) is 0 Å². The van der Waals surface area contributed by atoms with Crippen molar-refractivity contribution >= 4 is 29.1 Å². The normalized spacial score (nSPS) is 11.4. The molecule has 0 aliphatic carbocycles. The molecular weight excluding hydrogens is 264 g/mol. The Morgan fingerprint density at radius 3 is 2.65 bits per heavy atom. The van der Waals surface area contributed by atoms with Crippen molar-refractivity contribution in [1.29, 1.82) is 0 Å². The third kappa shape index (κ3) is 3.86. The average Bonchev–Trinajstić information content (AvgIpc) is 2.26. The molecule has 1 aromatic carbocycles. The SMILES string of the molecule is CC(C)(CCl)CNC(=O)c1c(F)cccc1Cl. The van der Waals surface area contributed by atoms with Crippen LogP contribution in [0.15, 0.2) is 18.2 Å². The number of benzene rings is 1. The van der Waals surface area contributed by atoms with E-state index >= 15 is 0 Å². The Hall–Kier alpha value is -0.800. The standard InChI is InChI=1S/C12H14Cl2FNO/c1-12(2,6-13)7-16-11(17)10-8(14)4-3-5-9(10)15/h3-5H,6-7H2,1-2H3,(H,16,17). The Morgan fingerprint density at radius 2 is 2.12 bits per heavy atom. The Bertz CT molecular complexity index is 401. The Labute approximate surface area is 110 Å². The number of nitrogens with one attached hydrogen (secondary N) is 1. The molecule has 0 spiro atoms. The van der Waals surface area contributed by atoms with Crippen LogP contribution in [-0.2, 0) is 0 Å². The average molecular weight is 278 g/mol. The van der Waals surface area contributed by atoms with Crippen molar-refractivity contribution in [3.63, 3.8) is 0 Å². The molecule has 0 bridgehead atoms. The highest BCUT2D eigenvalue weighted by molar-refractivity contribution is 6.33. The minimum absolute atomic E-state index is 0.103. The fourth-order valence-electron chi connectivity index (χ4n) is 1.17. The lowest BCUT2D eigenvalue weighted by Crippen LogP contribution is -2.35. The zero-order valence-corrected chi connectivity index (χ0v) is 11.2. The minimum Gasteiger partial charge on any atom is -0.351 e. The number of amides is 1. The van der Waals surface area contributed by atoms with Gasteiger partial charge in [0.05, 0.1) is 10.6 Å². The second-order valence-corrected chi connectivity index (χ2v) is 5.25. The summed E-state index contributed by atoms with van der Waals surface area (Å²) in [6.07, 6.45) is 0. The molecule has 2 nitrogen and oxygen atoms in total. The molecule has 1 rings (SSSR count). The van der Waals surface area contributed by atoms with Crippen LogP contribution in [0.4, 0.5) is 4.39 Å². The molecule has 0 aliphatic rings. The molecular formula is C12H14Cl2FNO. The lowest BCUT2D eigenvalue weighted by atomic mass is 9.96. The monoisotopic (exact) mass is 277 g/mol. The summed E-state index contributed by atoms with van der Waals surface area (Å²) in [4.78, 5) is 11.8. The first kappa shape index (κ1) is 14.3. The molecule has 0 aromatic heterocycles. The van der Waals surface area contributed by atoms with E-state index in [4.69, 9.17) is 23.2 Å². The number of carbonyl (C=O) groups is 1. The fourth-order valence-corrected chi connectivity index (χ4v) is 1.51. The number of rotatable bonds is 4. The summed E-state index contributed by atoms with van der Waals surface area (Å²) in [7, 11) is 0. The number of hydrogen-bond acceptors (Lipinski definition) is 1. The van der Waals surface area contributed by atoms with Gasteiger partial charge in [0.1, 0.15) is 5.82 Å². The molecule has 17 heavy (non-hydrogen) atoms. The topological polar surface area (TPSA) is 29.1 Å². The molecule has 0 fully saturated rings. The molecule has 0 unspecified atom stereocenters. The van der Waals surface area contributed by atoms with Gasteiger partial charge in [-0.25, -0.2) is 4.39 Å². The van der Waals surface area contributed by atoms with Crippen LogP contribution < -0.4 is 5.32 Å². The first-order chi connectivity index (χ1) is 7.87. The predicted octanol–water partition coefficient (Wildman–Crippen LogP) is 3.47. The smallest absolute Gasteiger partial charge is 0.255 e. The Kier molecular flexibility index (Phi) is 4.78. The summed E-state index contributed by atoms with van der Waals surface area (Å²) in [6.45, 7) is 4.17. The third-order valence-electron chi connectivity index (χ3n) is 2.28. The second-order valence-electron chi connectivity index (χ2n) is 4.58. The van der Waals surface area contributed by atoms with Gasteiger partial charge in [0, 0.05) is 12.4 Å². The molecule has 1 aromatic rings. The van der Waals surface area contributed by atoms with Crippen LogP contribution in [-0.4, -0.2) is 18.3 Å². The molecule has 1 amide bonds. The summed E-state index contributed by atoms with van der Waals surface area (Å²) < 4.78 is 13.4. The van der Waals surface area contributed by atoms with Crippen LogP contribution in [0.5, 0.6) is 0 Å². The van der Waals surface area contributed by atoms with Crippen LogP contribution in [0.2, 0.25) is 5.02 Å². The van der Waals surface area contributed by atoms with Gasteiger partial charge in [0.25, 0.3) is 5.91 Å². The first-order valence-corrected chi connectivity index (χ1v) is 6.07. The van der Waals surface area contributed by atoms with E-state index in [2.05, 4.69) is 5.32 Å². The predicted molar refractivity (Wildman–Crippen MR) is 68.2 cm³/mol. The van der Waals surface area contributed by atoms with Gasteiger partial charge in [0.2, 0.25) is 0 Å². The van der Waals surface area contributed by atoms with E-state index in [9.17, 15) is 9.18 Å². The summed E-state index contributed by atoms with van der Waals surface area (Å²) in [5.41, 5.74) is -0.367. The van der Waals surface area contributed by atoms with Gasteiger partial charge in [-0.15, -0.1) is 11.6 Å². The summed E-state index contributed by atoms with van der Waals surface area (Å²) in [6, 6.07) is 4.14. The first-order valence-electron chi connectivity index (χ1n) is 5.15. The van der Waals surface area contributed by atoms with Crippen LogP contribution in [0.25, 0.3) is 0 Å². The van der Waals surface area contributed by atoms with Gasteiger partial charge in [0.15, 0.2) is 0 Å². The molecule has 0 saturated heterocycles. The highest BCUT2D eigenvalue weighted by Gasteiger charge is 2.20. The molecule has 1 N–H and O–H groups in total. The molecule has 5 heteroatoms. The van der Waals surface area contributed by atoms with E-state index in [0.29, 0.717) is 12.4 Å². The van der Waals surface area contributed by atoms with E-state index in [0.717, 1.165) is 0 Å². The van der Waals surface area contributed by atoms with Crippen molar-refractivity contribution in [3.05, 3.63) is 34.6 Å². The van der Waals surface area contributed by atoms with E-state index in [1.165, 1.54) is 18.2 Å². The van der Waals surface area contributed by atoms with Crippen LogP contribution in [0, 0.1) is 11.2 Å². The highest BCUT2D eigenvalue weighted by atomic mass is 35.5. The fraction of sp³-hybridized carbons (Fsp3) is 0.417. The second kappa shape index (κ2) is 5.69. The summed E-state index contributed by atoms with van der Waals surface area (Å²) >= 11 is 11.5. The minimum atomic E-state index is -0.626. The van der Waals surface area contributed by atoms with Gasteiger partial charge in [-0.05, 0) is 17.5 Å². The largest absolute Gasteiger partial charge is 0.351 e. The number of hydrogen-bond donors (Lipinski definition) is 1. The lowest BCUT2D eigenvalue weighted by Gasteiger charge is -2.21. The van der Waals surface area contributed by atoms with Crippen molar-refractivity contribution in [3.8, 4) is 0 Å². The Morgan fingerprint density at radius 1 is 1.47 bits per heavy atom. The van der Waals surface area contributed by atoms with Crippen molar-refractivity contribution < 1.29 is 9.18 Å². The van der Waals surface area contributed by atoms with Crippen LogP contribution in [0.3, 0.4) is 0 Å². The molecule has 0 atom stereocenters. The maximum absolute atomic E-state index is 13.4. The zero-order chi connectivity index (χ0) is 13.1. The van der Waals surface area contributed by atoms with Crippen molar-refractivity contribution in [2.24, 2.45) is 5.41 Å². The number of halogens is 3. The molecule has 0 heterocycles. The van der Waals surface area contributed by atoms with E-state index < -0.39 is 11.7 Å². The third-order valence-corrected chi connectivity index (χ3v) is 3.32.